The van der Waals surface area contributed by atoms with Crippen molar-refractivity contribution in [2.75, 3.05) is 7.11 Å². The van der Waals surface area contributed by atoms with Crippen molar-refractivity contribution in [3.63, 3.8) is 0 Å². The smallest absolute Gasteiger partial charge is 0.339 e. The molecular formula is C16H16O4. The molecule has 2 aromatic rings. The molecule has 2 rings (SSSR count). The summed E-state index contributed by atoms with van der Waals surface area (Å²) in [7, 11) is 1.62. The highest BCUT2D eigenvalue weighted by Crippen LogP contribution is 2.32. The maximum Gasteiger partial charge on any atom is 0.339 e. The lowest BCUT2D eigenvalue weighted by atomic mass is 9.96. The van der Waals surface area contributed by atoms with Gasteiger partial charge in [-0.25, -0.2) is 4.79 Å². The van der Waals surface area contributed by atoms with Crippen molar-refractivity contribution < 1.29 is 19.7 Å². The van der Waals surface area contributed by atoms with Gasteiger partial charge < -0.3 is 14.9 Å². The highest BCUT2D eigenvalue weighted by molar-refractivity contribution is 5.92. The molecule has 0 unspecified atom stereocenters. The van der Waals surface area contributed by atoms with E-state index >= 15 is 0 Å². The van der Waals surface area contributed by atoms with Crippen LogP contribution < -0.4 is 4.74 Å². The first-order valence-corrected chi connectivity index (χ1v) is 6.16. The summed E-state index contributed by atoms with van der Waals surface area (Å²) in [5, 5.41) is 18.6. The van der Waals surface area contributed by atoms with E-state index in [-0.39, 0.29) is 11.3 Å². The highest BCUT2D eigenvalue weighted by Gasteiger charge is 2.13. The van der Waals surface area contributed by atoms with Gasteiger partial charge in [0.25, 0.3) is 0 Å². The Kier molecular flexibility index (Phi) is 3.66. The third-order valence-corrected chi connectivity index (χ3v) is 3.28. The normalized spacial score (nSPS) is 10.3. The van der Waals surface area contributed by atoms with Gasteiger partial charge in [-0.15, -0.1) is 0 Å². The van der Waals surface area contributed by atoms with Crippen LogP contribution in [0.4, 0.5) is 0 Å². The van der Waals surface area contributed by atoms with Gasteiger partial charge in [-0.1, -0.05) is 6.07 Å². The highest BCUT2D eigenvalue weighted by atomic mass is 16.5. The SMILES string of the molecule is COc1cc(C)c(-c2ccc(O)c(C(=O)O)c2)cc1C. The predicted octanol–water partition coefficient (Wildman–Crippen LogP) is 3.38. The van der Waals surface area contributed by atoms with Crippen molar-refractivity contribution in [1.29, 1.82) is 0 Å². The lowest BCUT2D eigenvalue weighted by Crippen LogP contribution is -1.98. The fraction of sp³-hybridized carbons (Fsp3) is 0.188. The quantitative estimate of drug-likeness (QED) is 0.898. The number of aromatic hydroxyl groups is 1. The van der Waals surface area contributed by atoms with Crippen LogP contribution in [-0.4, -0.2) is 23.3 Å². The number of methoxy groups -OCH3 is 1. The first-order chi connectivity index (χ1) is 9.43. The Hall–Kier alpha value is -2.49. The van der Waals surface area contributed by atoms with Gasteiger partial charge in [0.15, 0.2) is 0 Å². The first kappa shape index (κ1) is 13.9. The second-order valence-corrected chi connectivity index (χ2v) is 4.67. The van der Waals surface area contributed by atoms with E-state index in [2.05, 4.69) is 0 Å². The van der Waals surface area contributed by atoms with Gasteiger partial charge in [-0.2, -0.15) is 0 Å². The molecule has 2 aromatic carbocycles. The second kappa shape index (κ2) is 5.25. The topological polar surface area (TPSA) is 66.8 Å². The molecule has 2 N–H and O–H groups in total. The minimum Gasteiger partial charge on any atom is -0.507 e. The molecule has 4 heteroatoms. The molecule has 0 heterocycles. The zero-order valence-corrected chi connectivity index (χ0v) is 11.6. The number of ether oxygens (including phenoxy) is 1. The van der Waals surface area contributed by atoms with Crippen LogP contribution in [0.25, 0.3) is 11.1 Å². The maximum absolute atomic E-state index is 11.1. The number of carboxylic acids is 1. The van der Waals surface area contributed by atoms with Gasteiger partial charge >= 0.3 is 5.97 Å². The van der Waals surface area contributed by atoms with Crippen LogP contribution in [0.3, 0.4) is 0 Å². The second-order valence-electron chi connectivity index (χ2n) is 4.67. The first-order valence-electron chi connectivity index (χ1n) is 6.16. The van der Waals surface area contributed by atoms with Gasteiger partial charge in [-0.05, 0) is 60.4 Å². The van der Waals surface area contributed by atoms with Gasteiger partial charge in [0.05, 0.1) is 7.11 Å². The average molecular weight is 272 g/mol. The van der Waals surface area contributed by atoms with E-state index in [0.717, 1.165) is 28.0 Å². The van der Waals surface area contributed by atoms with Crippen molar-refractivity contribution in [2.45, 2.75) is 13.8 Å². The lowest BCUT2D eigenvalue weighted by Gasteiger charge is -2.12. The molecule has 20 heavy (non-hydrogen) atoms. The number of carbonyl (C=O) groups is 1. The summed E-state index contributed by atoms with van der Waals surface area (Å²) in [4.78, 5) is 11.1. The van der Waals surface area contributed by atoms with Crippen LogP contribution in [0.1, 0.15) is 21.5 Å². The molecule has 0 atom stereocenters. The molecule has 0 radical (unpaired) electrons. The number of aryl methyl sites for hydroxylation is 2. The lowest BCUT2D eigenvalue weighted by molar-refractivity contribution is 0.0694. The van der Waals surface area contributed by atoms with E-state index in [1.807, 2.05) is 26.0 Å². The predicted molar refractivity (Wildman–Crippen MR) is 76.5 cm³/mol. The molecule has 0 spiro atoms. The fourth-order valence-corrected chi connectivity index (χ4v) is 2.20. The molecule has 0 aliphatic rings. The van der Waals surface area contributed by atoms with Crippen LogP contribution in [0, 0.1) is 13.8 Å². The van der Waals surface area contributed by atoms with Crippen LogP contribution >= 0.6 is 0 Å². The summed E-state index contributed by atoms with van der Waals surface area (Å²) < 4.78 is 5.26. The number of hydrogen-bond donors (Lipinski definition) is 2. The number of aromatic carboxylic acids is 1. The number of hydrogen-bond acceptors (Lipinski definition) is 3. The van der Waals surface area contributed by atoms with E-state index < -0.39 is 5.97 Å². The molecule has 0 aliphatic carbocycles. The zero-order chi connectivity index (χ0) is 14.9. The summed E-state index contributed by atoms with van der Waals surface area (Å²) in [6.07, 6.45) is 0. The summed E-state index contributed by atoms with van der Waals surface area (Å²) in [6, 6.07) is 8.45. The average Bonchev–Trinajstić information content (AvgIpc) is 2.41. The third kappa shape index (κ3) is 2.45. The molecule has 0 fully saturated rings. The van der Waals surface area contributed by atoms with E-state index in [1.165, 1.54) is 12.1 Å². The zero-order valence-electron chi connectivity index (χ0n) is 11.6. The number of phenols is 1. The number of benzene rings is 2. The molecule has 0 amide bonds. The molecular weight excluding hydrogens is 256 g/mol. The minimum absolute atomic E-state index is 0.102. The monoisotopic (exact) mass is 272 g/mol. The number of carboxylic acid groups (broad SMARTS) is 1. The molecule has 0 bridgehead atoms. The van der Waals surface area contributed by atoms with Crippen molar-refractivity contribution >= 4 is 5.97 Å². The van der Waals surface area contributed by atoms with Gasteiger partial charge in [0, 0.05) is 0 Å². The summed E-state index contributed by atoms with van der Waals surface area (Å²) in [5.74, 6) is -0.583. The van der Waals surface area contributed by atoms with Crippen molar-refractivity contribution in [2.24, 2.45) is 0 Å². The van der Waals surface area contributed by atoms with Gasteiger partial charge in [0.2, 0.25) is 0 Å². The Labute approximate surface area is 117 Å². The third-order valence-electron chi connectivity index (χ3n) is 3.28. The Bertz CT molecular complexity index is 674. The maximum atomic E-state index is 11.1. The fourth-order valence-electron chi connectivity index (χ4n) is 2.20. The number of rotatable bonds is 3. The molecule has 104 valence electrons. The summed E-state index contributed by atoms with van der Waals surface area (Å²) in [6.45, 7) is 3.87. The van der Waals surface area contributed by atoms with Crippen molar-refractivity contribution in [3.05, 3.63) is 47.0 Å². The Balaban J connectivity index is 2.60. The molecule has 4 nitrogen and oxygen atoms in total. The molecule has 0 aliphatic heterocycles. The molecule has 0 saturated heterocycles. The van der Waals surface area contributed by atoms with Gasteiger partial charge in [-0.3, -0.25) is 0 Å². The van der Waals surface area contributed by atoms with Crippen LogP contribution in [-0.2, 0) is 0 Å². The minimum atomic E-state index is -1.15. The summed E-state index contributed by atoms with van der Waals surface area (Å²) >= 11 is 0. The van der Waals surface area contributed by atoms with E-state index in [4.69, 9.17) is 9.84 Å². The Morgan fingerprint density at radius 3 is 2.40 bits per heavy atom. The van der Waals surface area contributed by atoms with Crippen LogP contribution in [0.5, 0.6) is 11.5 Å². The van der Waals surface area contributed by atoms with Crippen molar-refractivity contribution in [3.8, 4) is 22.6 Å². The van der Waals surface area contributed by atoms with Crippen molar-refractivity contribution in [1.82, 2.24) is 0 Å². The Morgan fingerprint density at radius 1 is 1.10 bits per heavy atom. The Morgan fingerprint density at radius 2 is 1.80 bits per heavy atom. The van der Waals surface area contributed by atoms with E-state index in [1.54, 1.807) is 13.2 Å². The molecule has 0 saturated carbocycles. The molecule has 0 aromatic heterocycles. The van der Waals surface area contributed by atoms with E-state index in [9.17, 15) is 9.90 Å². The van der Waals surface area contributed by atoms with Crippen LogP contribution in [0.2, 0.25) is 0 Å². The largest absolute Gasteiger partial charge is 0.507 e. The van der Waals surface area contributed by atoms with E-state index in [0.29, 0.717) is 0 Å². The standard InChI is InChI=1S/C16H16O4/c1-9-7-15(20-3)10(2)6-12(9)11-4-5-14(17)13(8-11)16(18)19/h4-8,17H,1-3H3,(H,18,19). The van der Waals surface area contributed by atoms with Crippen LogP contribution in [0.15, 0.2) is 30.3 Å². The van der Waals surface area contributed by atoms with Gasteiger partial charge in [0.1, 0.15) is 17.1 Å². The summed E-state index contributed by atoms with van der Waals surface area (Å²) in [5.41, 5.74) is 3.53.